The molecule has 1 unspecified atom stereocenters. The molecule has 0 saturated carbocycles. The molecule has 0 aliphatic heterocycles. The van der Waals surface area contributed by atoms with Gasteiger partial charge >= 0.3 is 6.18 Å². The number of aryl methyl sites for hydroxylation is 1. The van der Waals surface area contributed by atoms with Crippen LogP contribution < -0.4 is 14.8 Å². The van der Waals surface area contributed by atoms with Gasteiger partial charge in [-0.15, -0.1) is 0 Å². The van der Waals surface area contributed by atoms with Gasteiger partial charge in [-0.2, -0.15) is 13.2 Å². The maximum atomic E-state index is 14.0. The average Bonchev–Trinajstić information content (AvgIpc) is 2.60. The lowest BCUT2D eigenvalue weighted by Gasteiger charge is -2.20. The summed E-state index contributed by atoms with van der Waals surface area (Å²) in [6.07, 6.45) is -5.38. The van der Waals surface area contributed by atoms with E-state index in [-0.39, 0.29) is 15.9 Å². The van der Waals surface area contributed by atoms with Crippen molar-refractivity contribution in [3.05, 3.63) is 45.3 Å². The van der Waals surface area contributed by atoms with Crippen LogP contribution in [0.3, 0.4) is 0 Å². The number of pyridine rings is 1. The number of nitrogens with zero attached hydrogens (tertiary/aromatic N) is 1. The van der Waals surface area contributed by atoms with Crippen LogP contribution in [-0.4, -0.2) is 30.3 Å². The molecule has 0 fully saturated rings. The summed E-state index contributed by atoms with van der Waals surface area (Å²) >= 11 is 2.89. The molecule has 2 rings (SSSR count). The van der Waals surface area contributed by atoms with E-state index in [4.69, 9.17) is 9.47 Å². The number of halogens is 5. The number of benzene rings is 1. The number of carbonyl (C=O) groups is 1. The minimum absolute atomic E-state index is 0.133. The Bertz CT molecular complexity index is 903. The Balaban J connectivity index is 2.44. The first-order valence-corrected chi connectivity index (χ1v) is 8.79. The minimum Gasteiger partial charge on any atom is -0.481 e. The molecular weight excluding hydrogens is 448 g/mol. The van der Waals surface area contributed by atoms with Crippen molar-refractivity contribution in [3.63, 3.8) is 0 Å². The third kappa shape index (κ3) is 4.73. The van der Waals surface area contributed by atoms with Gasteiger partial charge in [-0.05, 0) is 54.4 Å². The lowest BCUT2D eigenvalue weighted by atomic mass is 10.1. The number of methoxy groups -OCH3 is 1. The van der Waals surface area contributed by atoms with E-state index in [9.17, 15) is 22.4 Å². The molecule has 1 aromatic heterocycles. The Labute approximate surface area is 167 Å². The van der Waals surface area contributed by atoms with Crippen molar-refractivity contribution in [3.8, 4) is 11.6 Å². The highest BCUT2D eigenvalue weighted by molar-refractivity contribution is 9.10. The van der Waals surface area contributed by atoms with E-state index in [0.717, 1.165) is 19.1 Å². The van der Waals surface area contributed by atoms with E-state index in [1.165, 1.54) is 13.3 Å². The number of amides is 1. The summed E-state index contributed by atoms with van der Waals surface area (Å²) in [7, 11) is 1.41. The summed E-state index contributed by atoms with van der Waals surface area (Å²) in [4.78, 5) is 16.8. The third-order valence-electron chi connectivity index (χ3n) is 3.93. The molecule has 0 radical (unpaired) electrons. The van der Waals surface area contributed by atoms with Crippen molar-refractivity contribution >= 4 is 27.5 Å². The summed E-state index contributed by atoms with van der Waals surface area (Å²) in [5.74, 6) is -1.80. The van der Waals surface area contributed by atoms with Crippen LogP contribution in [0.15, 0.2) is 22.8 Å². The number of carbonyl (C=O) groups excluding carboxylic acids is 1. The van der Waals surface area contributed by atoms with E-state index in [1.54, 1.807) is 13.8 Å². The van der Waals surface area contributed by atoms with Crippen molar-refractivity contribution in [2.75, 3.05) is 12.4 Å². The predicted molar refractivity (Wildman–Crippen MR) is 98.5 cm³/mol. The Morgan fingerprint density at radius 2 is 1.93 bits per heavy atom. The maximum Gasteiger partial charge on any atom is 0.425 e. The van der Waals surface area contributed by atoms with Gasteiger partial charge in [0.1, 0.15) is 11.6 Å². The molecule has 0 aliphatic carbocycles. The molecule has 5 nitrogen and oxygen atoms in total. The van der Waals surface area contributed by atoms with Gasteiger partial charge in [0.2, 0.25) is 5.88 Å². The quantitative estimate of drug-likeness (QED) is 0.618. The van der Waals surface area contributed by atoms with Crippen LogP contribution in [0.4, 0.5) is 23.2 Å². The molecule has 2 aromatic rings. The SMILES string of the molecule is COc1ncc(C)c(NC(=O)c2cc(F)c(Br)cc2OC(C)C(F)(F)F)c1C. The van der Waals surface area contributed by atoms with E-state index in [2.05, 4.69) is 26.2 Å². The monoisotopic (exact) mass is 464 g/mol. The van der Waals surface area contributed by atoms with E-state index < -0.39 is 29.8 Å². The molecular formula is C18H17BrF4N2O3. The van der Waals surface area contributed by atoms with Crippen LogP contribution in [0.5, 0.6) is 11.6 Å². The first-order valence-electron chi connectivity index (χ1n) is 7.99. The lowest BCUT2D eigenvalue weighted by Crippen LogP contribution is -2.32. The van der Waals surface area contributed by atoms with Crippen LogP contribution in [0, 0.1) is 19.7 Å². The van der Waals surface area contributed by atoms with Crippen LogP contribution in [-0.2, 0) is 0 Å². The van der Waals surface area contributed by atoms with Crippen LogP contribution in [0.2, 0.25) is 0 Å². The maximum absolute atomic E-state index is 14.0. The standard InChI is InChI=1S/C18H17BrF4N2O3/c1-8-7-24-17(27-4)9(2)15(8)25-16(26)11-5-13(20)12(19)6-14(11)28-10(3)18(21,22)23/h5-7,10H,1-4H3,(H,24,25,26). The van der Waals surface area contributed by atoms with Gasteiger partial charge in [0.15, 0.2) is 6.10 Å². The second kappa shape index (κ2) is 8.34. The summed E-state index contributed by atoms with van der Waals surface area (Å²) in [6.45, 7) is 4.13. The van der Waals surface area contributed by atoms with Gasteiger partial charge in [0, 0.05) is 11.8 Å². The normalized spacial score (nSPS) is 12.5. The van der Waals surface area contributed by atoms with Crippen molar-refractivity contribution in [2.45, 2.75) is 33.1 Å². The minimum atomic E-state index is -4.65. The van der Waals surface area contributed by atoms with Gasteiger partial charge in [-0.1, -0.05) is 0 Å². The summed E-state index contributed by atoms with van der Waals surface area (Å²) in [5.41, 5.74) is 1.08. The number of aromatic nitrogens is 1. The Morgan fingerprint density at radius 1 is 1.29 bits per heavy atom. The number of hydrogen-bond acceptors (Lipinski definition) is 4. The highest BCUT2D eigenvalue weighted by Crippen LogP contribution is 2.33. The van der Waals surface area contributed by atoms with Gasteiger partial charge in [-0.25, -0.2) is 9.37 Å². The summed E-state index contributed by atoms with van der Waals surface area (Å²) < 4.78 is 62.4. The number of ether oxygens (including phenoxy) is 2. The predicted octanol–water partition coefficient (Wildman–Crippen LogP) is 5.19. The van der Waals surface area contributed by atoms with Crippen molar-refractivity contribution in [1.82, 2.24) is 4.98 Å². The van der Waals surface area contributed by atoms with Gasteiger partial charge < -0.3 is 14.8 Å². The fraction of sp³-hybridized carbons (Fsp3) is 0.333. The molecule has 0 spiro atoms. The lowest BCUT2D eigenvalue weighted by molar-refractivity contribution is -0.189. The van der Waals surface area contributed by atoms with E-state index >= 15 is 0 Å². The van der Waals surface area contributed by atoms with Gasteiger partial charge in [0.05, 0.1) is 22.8 Å². The topological polar surface area (TPSA) is 60.5 Å². The zero-order valence-electron chi connectivity index (χ0n) is 15.4. The number of alkyl halides is 3. The molecule has 1 amide bonds. The fourth-order valence-corrected chi connectivity index (χ4v) is 2.68. The average molecular weight is 465 g/mol. The molecule has 10 heteroatoms. The fourth-order valence-electron chi connectivity index (χ4n) is 2.36. The number of nitrogens with one attached hydrogen (secondary N) is 1. The molecule has 0 aliphatic rings. The Morgan fingerprint density at radius 3 is 2.50 bits per heavy atom. The Kier molecular flexibility index (Phi) is 6.53. The highest BCUT2D eigenvalue weighted by Gasteiger charge is 2.38. The molecule has 0 bridgehead atoms. The van der Waals surface area contributed by atoms with Crippen LogP contribution in [0.25, 0.3) is 0 Å². The smallest absolute Gasteiger partial charge is 0.425 e. The van der Waals surface area contributed by atoms with Crippen molar-refractivity contribution in [2.24, 2.45) is 0 Å². The third-order valence-corrected chi connectivity index (χ3v) is 4.54. The van der Waals surface area contributed by atoms with E-state index in [1.807, 2.05) is 0 Å². The molecule has 28 heavy (non-hydrogen) atoms. The van der Waals surface area contributed by atoms with E-state index in [0.29, 0.717) is 16.8 Å². The zero-order valence-corrected chi connectivity index (χ0v) is 17.0. The first-order chi connectivity index (χ1) is 13.0. The summed E-state index contributed by atoms with van der Waals surface area (Å²) in [6, 6.07) is 1.79. The van der Waals surface area contributed by atoms with Crippen molar-refractivity contribution < 1.29 is 31.8 Å². The first kappa shape index (κ1) is 21.9. The van der Waals surface area contributed by atoms with Crippen LogP contribution >= 0.6 is 15.9 Å². The molecule has 1 N–H and O–H groups in total. The highest BCUT2D eigenvalue weighted by atomic mass is 79.9. The second-order valence-electron chi connectivity index (χ2n) is 5.97. The second-order valence-corrected chi connectivity index (χ2v) is 6.82. The molecule has 1 heterocycles. The number of hydrogen-bond donors (Lipinski definition) is 1. The largest absolute Gasteiger partial charge is 0.481 e. The molecule has 1 atom stereocenters. The Hall–Kier alpha value is -2.36. The van der Waals surface area contributed by atoms with Gasteiger partial charge in [0.25, 0.3) is 5.91 Å². The molecule has 1 aromatic carbocycles. The molecule has 0 saturated heterocycles. The number of rotatable bonds is 5. The number of anilines is 1. The van der Waals surface area contributed by atoms with Crippen LogP contribution in [0.1, 0.15) is 28.4 Å². The molecule has 152 valence electrons. The van der Waals surface area contributed by atoms with Gasteiger partial charge in [-0.3, -0.25) is 4.79 Å². The zero-order chi connectivity index (χ0) is 21.2. The van der Waals surface area contributed by atoms with Crippen molar-refractivity contribution in [1.29, 1.82) is 0 Å². The summed E-state index contributed by atoms with van der Waals surface area (Å²) in [5, 5.41) is 2.57.